The zero-order valence-electron chi connectivity index (χ0n) is 17.6. The molecule has 0 aliphatic heterocycles. The van der Waals surface area contributed by atoms with E-state index in [0.29, 0.717) is 13.1 Å². The van der Waals surface area contributed by atoms with Gasteiger partial charge in [0.15, 0.2) is 0 Å². The normalized spacial score (nSPS) is 12.6. The largest absolute Gasteiger partial charge is 0.363 e. The second-order valence-electron chi connectivity index (χ2n) is 6.80. The minimum atomic E-state index is -3.48. The summed E-state index contributed by atoms with van der Waals surface area (Å²) in [5.41, 5.74) is 1.86. The fraction of sp³-hybridized carbons (Fsp3) is 0.409. The number of para-hydroxylation sites is 1. The van der Waals surface area contributed by atoms with E-state index in [0.717, 1.165) is 17.8 Å². The lowest BCUT2D eigenvalue weighted by Crippen LogP contribution is -2.38. The lowest BCUT2D eigenvalue weighted by atomic mass is 10.1. The minimum absolute atomic E-state index is 0.0805. The first-order valence-corrected chi connectivity index (χ1v) is 11.5. The molecule has 6 nitrogen and oxygen atoms in total. The molecule has 0 radical (unpaired) electrons. The third kappa shape index (κ3) is 5.81. The van der Waals surface area contributed by atoms with Crippen LogP contribution in [0.25, 0.3) is 0 Å². The highest BCUT2D eigenvalue weighted by Crippen LogP contribution is 2.20. The molecular weight excluding hydrogens is 386 g/mol. The number of hydrogen-bond donors (Lipinski definition) is 1. The number of nitrogens with zero attached hydrogens (tertiary/aromatic N) is 2. The Labute approximate surface area is 174 Å². The van der Waals surface area contributed by atoms with Gasteiger partial charge in [0.2, 0.25) is 15.9 Å². The number of benzene rings is 2. The van der Waals surface area contributed by atoms with Gasteiger partial charge in [0.05, 0.1) is 17.5 Å². The predicted molar refractivity (Wildman–Crippen MR) is 117 cm³/mol. The Morgan fingerprint density at radius 1 is 0.931 bits per heavy atom. The quantitative estimate of drug-likeness (QED) is 0.643. The molecule has 0 aliphatic rings. The summed E-state index contributed by atoms with van der Waals surface area (Å²) in [6.45, 7) is 9.40. The maximum atomic E-state index is 12.6. The molecule has 0 saturated carbocycles. The van der Waals surface area contributed by atoms with Crippen molar-refractivity contribution < 1.29 is 13.2 Å². The van der Waals surface area contributed by atoms with Crippen molar-refractivity contribution in [1.82, 2.24) is 9.62 Å². The second-order valence-corrected chi connectivity index (χ2v) is 8.74. The van der Waals surface area contributed by atoms with Gasteiger partial charge in [0.25, 0.3) is 0 Å². The van der Waals surface area contributed by atoms with Gasteiger partial charge < -0.3 is 10.2 Å². The van der Waals surface area contributed by atoms with Crippen LogP contribution in [0.2, 0.25) is 0 Å². The lowest BCUT2D eigenvalue weighted by Gasteiger charge is -2.24. The summed E-state index contributed by atoms with van der Waals surface area (Å²) in [6.07, 6.45) is 0. The zero-order valence-corrected chi connectivity index (χ0v) is 18.4. The molecule has 0 saturated heterocycles. The van der Waals surface area contributed by atoms with E-state index in [-0.39, 0.29) is 23.4 Å². The van der Waals surface area contributed by atoms with Gasteiger partial charge in [-0.3, -0.25) is 4.79 Å². The van der Waals surface area contributed by atoms with Gasteiger partial charge in [0, 0.05) is 25.3 Å². The van der Waals surface area contributed by atoms with Crippen molar-refractivity contribution in [3.8, 4) is 0 Å². The number of carbonyl (C=O) groups excluding carboxylic acids is 1. The van der Waals surface area contributed by atoms with Crippen molar-refractivity contribution in [3.05, 3.63) is 60.2 Å². The molecule has 1 amide bonds. The van der Waals surface area contributed by atoms with E-state index in [1.54, 1.807) is 24.3 Å². The number of sulfonamides is 1. The molecule has 2 aromatic rings. The molecule has 1 atom stereocenters. The van der Waals surface area contributed by atoms with Crippen LogP contribution < -0.4 is 10.2 Å². The first-order valence-electron chi connectivity index (χ1n) is 10.0. The Kier molecular flexibility index (Phi) is 8.22. The van der Waals surface area contributed by atoms with E-state index >= 15 is 0 Å². The monoisotopic (exact) mass is 417 g/mol. The van der Waals surface area contributed by atoms with Crippen molar-refractivity contribution in [3.63, 3.8) is 0 Å². The maximum Gasteiger partial charge on any atom is 0.243 e. The van der Waals surface area contributed by atoms with Gasteiger partial charge in [-0.05, 0) is 43.7 Å². The molecule has 158 valence electrons. The maximum absolute atomic E-state index is 12.6. The highest BCUT2D eigenvalue weighted by atomic mass is 32.2. The van der Waals surface area contributed by atoms with Crippen LogP contribution in [0.3, 0.4) is 0 Å². The lowest BCUT2D eigenvalue weighted by molar-refractivity contribution is -0.120. The van der Waals surface area contributed by atoms with Gasteiger partial charge in [-0.15, -0.1) is 0 Å². The molecule has 1 unspecified atom stereocenters. The SMILES string of the molecule is CCN(CC(=O)NC(C)c1ccc(S(=O)(=O)N(CC)CC)cc1)c1ccccc1. The van der Waals surface area contributed by atoms with Crippen molar-refractivity contribution in [2.24, 2.45) is 0 Å². The Hall–Kier alpha value is -2.38. The van der Waals surface area contributed by atoms with Crippen LogP contribution in [-0.2, 0) is 14.8 Å². The summed E-state index contributed by atoms with van der Waals surface area (Å²) < 4.78 is 26.6. The number of nitrogens with one attached hydrogen (secondary N) is 1. The van der Waals surface area contributed by atoms with Crippen LogP contribution in [0.5, 0.6) is 0 Å². The molecule has 0 aliphatic carbocycles. The van der Waals surface area contributed by atoms with Gasteiger partial charge >= 0.3 is 0 Å². The number of likely N-dealkylation sites (N-methyl/N-ethyl adjacent to an activating group) is 1. The van der Waals surface area contributed by atoms with Gasteiger partial charge in [0.1, 0.15) is 0 Å². The third-order valence-corrected chi connectivity index (χ3v) is 7.00. The van der Waals surface area contributed by atoms with E-state index in [1.165, 1.54) is 4.31 Å². The van der Waals surface area contributed by atoms with E-state index in [4.69, 9.17) is 0 Å². The van der Waals surface area contributed by atoms with Crippen LogP contribution >= 0.6 is 0 Å². The standard InChI is InChI=1S/C22H31N3O3S/c1-5-24(20-11-9-8-10-12-20)17-22(26)23-18(4)19-13-15-21(16-14-19)29(27,28)25(6-2)7-3/h8-16,18H,5-7,17H2,1-4H3,(H,23,26). The topological polar surface area (TPSA) is 69.7 Å². The van der Waals surface area contributed by atoms with Crippen LogP contribution in [0.15, 0.2) is 59.5 Å². The Balaban J connectivity index is 2.03. The number of amides is 1. The molecule has 7 heteroatoms. The molecule has 0 heterocycles. The molecule has 0 fully saturated rings. The van der Waals surface area contributed by atoms with Gasteiger partial charge in [-0.25, -0.2) is 8.42 Å². The average molecular weight is 418 g/mol. The first kappa shape index (κ1) is 22.9. The molecule has 0 spiro atoms. The Morgan fingerprint density at radius 2 is 1.52 bits per heavy atom. The van der Waals surface area contributed by atoms with Crippen LogP contribution in [0.4, 0.5) is 5.69 Å². The average Bonchev–Trinajstić information content (AvgIpc) is 2.73. The fourth-order valence-electron chi connectivity index (χ4n) is 3.21. The van der Waals surface area contributed by atoms with E-state index in [9.17, 15) is 13.2 Å². The summed E-state index contributed by atoms with van der Waals surface area (Å²) in [4.78, 5) is 14.8. The Bertz CT molecular complexity index is 879. The van der Waals surface area contributed by atoms with Crippen LogP contribution in [0, 0.1) is 0 Å². The molecule has 0 bridgehead atoms. The first-order chi connectivity index (χ1) is 13.8. The number of anilines is 1. The molecule has 29 heavy (non-hydrogen) atoms. The third-order valence-electron chi connectivity index (χ3n) is 4.94. The second kappa shape index (κ2) is 10.4. The van der Waals surface area contributed by atoms with E-state index in [1.807, 2.05) is 62.9 Å². The Morgan fingerprint density at radius 3 is 2.03 bits per heavy atom. The van der Waals surface area contributed by atoms with Crippen molar-refractivity contribution in [2.45, 2.75) is 38.6 Å². The molecule has 2 rings (SSSR count). The highest BCUT2D eigenvalue weighted by Gasteiger charge is 2.22. The van der Waals surface area contributed by atoms with E-state index in [2.05, 4.69) is 5.32 Å². The van der Waals surface area contributed by atoms with Crippen molar-refractivity contribution in [2.75, 3.05) is 31.1 Å². The zero-order chi connectivity index (χ0) is 21.4. The molecule has 1 N–H and O–H groups in total. The fourth-order valence-corrected chi connectivity index (χ4v) is 4.67. The molecule has 2 aromatic carbocycles. The minimum Gasteiger partial charge on any atom is -0.363 e. The molecular formula is C22H31N3O3S. The van der Waals surface area contributed by atoms with Gasteiger partial charge in [-0.1, -0.05) is 44.2 Å². The van der Waals surface area contributed by atoms with E-state index < -0.39 is 10.0 Å². The van der Waals surface area contributed by atoms with Crippen molar-refractivity contribution in [1.29, 1.82) is 0 Å². The number of carbonyl (C=O) groups is 1. The van der Waals surface area contributed by atoms with Crippen LogP contribution in [-0.4, -0.2) is 44.8 Å². The predicted octanol–water partition coefficient (Wildman–Crippen LogP) is 3.42. The number of rotatable bonds is 10. The summed E-state index contributed by atoms with van der Waals surface area (Å²) in [6, 6.07) is 16.3. The smallest absolute Gasteiger partial charge is 0.243 e. The van der Waals surface area contributed by atoms with Crippen molar-refractivity contribution >= 4 is 21.6 Å². The molecule has 0 aromatic heterocycles. The summed E-state index contributed by atoms with van der Waals surface area (Å²) >= 11 is 0. The number of hydrogen-bond acceptors (Lipinski definition) is 4. The highest BCUT2D eigenvalue weighted by molar-refractivity contribution is 7.89. The summed E-state index contributed by atoms with van der Waals surface area (Å²) in [7, 11) is -3.48. The van der Waals surface area contributed by atoms with Gasteiger partial charge in [-0.2, -0.15) is 4.31 Å². The van der Waals surface area contributed by atoms with Crippen LogP contribution in [0.1, 0.15) is 39.3 Å². The summed E-state index contributed by atoms with van der Waals surface area (Å²) in [5.74, 6) is -0.0805. The summed E-state index contributed by atoms with van der Waals surface area (Å²) in [5, 5.41) is 2.99.